The number of rotatable bonds is 3. The van der Waals surface area contributed by atoms with Gasteiger partial charge in [-0.3, -0.25) is 0 Å². The van der Waals surface area contributed by atoms with E-state index in [-0.39, 0.29) is 6.10 Å². The van der Waals surface area contributed by atoms with E-state index < -0.39 is 0 Å². The van der Waals surface area contributed by atoms with Crippen molar-refractivity contribution < 1.29 is 14.0 Å². The Bertz CT molecular complexity index is 828. The third kappa shape index (κ3) is 2.78. The van der Waals surface area contributed by atoms with Crippen molar-refractivity contribution in [3.05, 3.63) is 36.4 Å². The second kappa shape index (κ2) is 6.09. The van der Waals surface area contributed by atoms with Gasteiger partial charge in [0.1, 0.15) is 5.69 Å². The molecule has 0 saturated carbocycles. The van der Waals surface area contributed by atoms with Crippen LogP contribution >= 0.6 is 0 Å². The summed E-state index contributed by atoms with van der Waals surface area (Å²) >= 11 is 0. The van der Waals surface area contributed by atoms with Crippen molar-refractivity contribution in [2.75, 3.05) is 18.0 Å². The van der Waals surface area contributed by atoms with Gasteiger partial charge in [-0.1, -0.05) is 5.16 Å². The van der Waals surface area contributed by atoms with E-state index in [1.54, 1.807) is 12.5 Å². The maximum atomic E-state index is 9.89. The van der Waals surface area contributed by atoms with Crippen molar-refractivity contribution in [2.45, 2.75) is 25.9 Å². The number of aliphatic hydroxyl groups excluding tert-OH is 1. The van der Waals surface area contributed by atoms with Gasteiger partial charge < -0.3 is 18.9 Å². The van der Waals surface area contributed by atoms with Crippen molar-refractivity contribution in [2.24, 2.45) is 0 Å². The number of anilines is 1. The quantitative estimate of drug-likeness (QED) is 0.791. The van der Waals surface area contributed by atoms with Crippen LogP contribution in [0.15, 0.2) is 39.6 Å². The van der Waals surface area contributed by atoms with Crippen LogP contribution in [0.4, 0.5) is 5.95 Å². The summed E-state index contributed by atoms with van der Waals surface area (Å²) in [4.78, 5) is 11.1. The van der Waals surface area contributed by atoms with Crippen LogP contribution < -0.4 is 4.90 Å². The largest absolute Gasteiger partial charge is 0.463 e. The molecule has 0 aromatic carbocycles. The van der Waals surface area contributed by atoms with Gasteiger partial charge in [0, 0.05) is 25.4 Å². The molecule has 0 amide bonds. The predicted molar refractivity (Wildman–Crippen MR) is 87.4 cm³/mol. The Morgan fingerprint density at radius 2 is 2.25 bits per heavy atom. The first-order chi connectivity index (χ1) is 11.7. The van der Waals surface area contributed by atoms with E-state index in [9.17, 15) is 5.11 Å². The van der Waals surface area contributed by atoms with Gasteiger partial charge in [0.2, 0.25) is 5.95 Å². The first kappa shape index (κ1) is 14.9. The molecule has 4 rings (SSSR count). The Morgan fingerprint density at radius 3 is 2.96 bits per heavy atom. The van der Waals surface area contributed by atoms with E-state index in [0.29, 0.717) is 29.7 Å². The third-order valence-corrected chi connectivity index (χ3v) is 4.10. The van der Waals surface area contributed by atoms with E-state index >= 15 is 0 Å². The standard InChI is InChI=1S/C17H18N4O3/c1-11-8-15(24-20-11)13-9-18-17(21-6-2-4-12(22)10-21)19-16(13)14-5-3-7-23-14/h3,5,7-9,12,22H,2,4,6,10H2,1H3. The molecule has 24 heavy (non-hydrogen) atoms. The lowest BCUT2D eigenvalue weighted by Gasteiger charge is -2.30. The van der Waals surface area contributed by atoms with E-state index in [2.05, 4.69) is 15.1 Å². The molecule has 0 bridgehead atoms. The monoisotopic (exact) mass is 326 g/mol. The van der Waals surface area contributed by atoms with Crippen LogP contribution in [0.1, 0.15) is 18.5 Å². The number of hydrogen-bond acceptors (Lipinski definition) is 7. The van der Waals surface area contributed by atoms with Crippen LogP contribution in [-0.4, -0.2) is 39.4 Å². The third-order valence-electron chi connectivity index (χ3n) is 4.10. The molecule has 0 radical (unpaired) electrons. The van der Waals surface area contributed by atoms with Crippen molar-refractivity contribution in [1.29, 1.82) is 0 Å². The molecule has 124 valence electrons. The Labute approximate surface area is 138 Å². The van der Waals surface area contributed by atoms with E-state index in [0.717, 1.165) is 30.6 Å². The maximum absolute atomic E-state index is 9.89. The first-order valence-electron chi connectivity index (χ1n) is 7.98. The lowest BCUT2D eigenvalue weighted by Crippen LogP contribution is -2.39. The van der Waals surface area contributed by atoms with Gasteiger partial charge in [0.25, 0.3) is 0 Å². The molecule has 0 aliphatic carbocycles. The molecule has 4 heterocycles. The van der Waals surface area contributed by atoms with Gasteiger partial charge in [0.15, 0.2) is 11.5 Å². The van der Waals surface area contributed by atoms with E-state index in [1.807, 2.05) is 30.0 Å². The van der Waals surface area contributed by atoms with E-state index in [1.165, 1.54) is 0 Å². The summed E-state index contributed by atoms with van der Waals surface area (Å²) in [5, 5.41) is 13.8. The second-order valence-electron chi connectivity index (χ2n) is 5.98. The van der Waals surface area contributed by atoms with Crippen LogP contribution in [0.25, 0.3) is 22.8 Å². The zero-order valence-electron chi connectivity index (χ0n) is 13.3. The number of aliphatic hydroxyl groups is 1. The molecule has 1 aliphatic heterocycles. The molecule has 1 fully saturated rings. The Morgan fingerprint density at radius 1 is 1.33 bits per heavy atom. The minimum Gasteiger partial charge on any atom is -0.463 e. The summed E-state index contributed by atoms with van der Waals surface area (Å²) in [5.41, 5.74) is 2.17. The normalized spacial score (nSPS) is 18.1. The first-order valence-corrected chi connectivity index (χ1v) is 7.98. The lowest BCUT2D eigenvalue weighted by atomic mass is 10.1. The maximum Gasteiger partial charge on any atom is 0.226 e. The molecule has 7 nitrogen and oxygen atoms in total. The topological polar surface area (TPSA) is 88.4 Å². The molecule has 7 heteroatoms. The lowest BCUT2D eigenvalue weighted by molar-refractivity contribution is 0.153. The Hall–Kier alpha value is -2.67. The van der Waals surface area contributed by atoms with Gasteiger partial charge in [-0.2, -0.15) is 0 Å². The summed E-state index contributed by atoms with van der Waals surface area (Å²) in [5.74, 6) is 1.82. The van der Waals surface area contributed by atoms with Crippen molar-refractivity contribution in [3.8, 4) is 22.8 Å². The average Bonchev–Trinajstić information content (AvgIpc) is 3.26. The molecular formula is C17H18N4O3. The van der Waals surface area contributed by atoms with Gasteiger partial charge in [0.05, 0.1) is 23.6 Å². The average molecular weight is 326 g/mol. The fourth-order valence-corrected chi connectivity index (χ4v) is 2.93. The minimum atomic E-state index is -0.342. The predicted octanol–water partition coefficient (Wildman–Crippen LogP) is 2.66. The number of β-amino-alcohol motifs (C(OH)–C–C–N with tert-alkyl or cyclic N) is 1. The zero-order chi connectivity index (χ0) is 16.5. The highest BCUT2D eigenvalue weighted by Gasteiger charge is 2.23. The zero-order valence-corrected chi connectivity index (χ0v) is 13.3. The molecule has 1 atom stereocenters. The number of hydrogen-bond donors (Lipinski definition) is 1. The fourth-order valence-electron chi connectivity index (χ4n) is 2.93. The number of piperidine rings is 1. The van der Waals surface area contributed by atoms with E-state index in [4.69, 9.17) is 8.94 Å². The van der Waals surface area contributed by atoms with Gasteiger partial charge >= 0.3 is 0 Å². The van der Waals surface area contributed by atoms with Crippen LogP contribution in [0, 0.1) is 6.92 Å². The molecular weight excluding hydrogens is 308 g/mol. The minimum absolute atomic E-state index is 0.342. The number of nitrogens with zero attached hydrogens (tertiary/aromatic N) is 4. The molecule has 1 aliphatic rings. The Kier molecular flexibility index (Phi) is 3.78. The van der Waals surface area contributed by atoms with Crippen LogP contribution in [0.2, 0.25) is 0 Å². The number of aromatic nitrogens is 3. The highest BCUT2D eigenvalue weighted by molar-refractivity contribution is 5.75. The molecule has 1 N–H and O–H groups in total. The molecule has 1 unspecified atom stereocenters. The molecule has 3 aromatic heterocycles. The van der Waals surface area contributed by atoms with Crippen LogP contribution in [-0.2, 0) is 0 Å². The van der Waals surface area contributed by atoms with Gasteiger partial charge in [-0.25, -0.2) is 9.97 Å². The molecule has 1 saturated heterocycles. The summed E-state index contributed by atoms with van der Waals surface area (Å²) < 4.78 is 10.9. The fraction of sp³-hybridized carbons (Fsp3) is 0.353. The smallest absolute Gasteiger partial charge is 0.226 e. The summed E-state index contributed by atoms with van der Waals surface area (Å²) in [6.45, 7) is 3.23. The van der Waals surface area contributed by atoms with Crippen molar-refractivity contribution >= 4 is 5.95 Å². The summed E-state index contributed by atoms with van der Waals surface area (Å²) in [6, 6.07) is 5.51. The number of furan rings is 1. The summed E-state index contributed by atoms with van der Waals surface area (Å²) in [7, 11) is 0. The number of aryl methyl sites for hydroxylation is 1. The molecule has 0 spiro atoms. The van der Waals surface area contributed by atoms with Crippen LogP contribution in [0.5, 0.6) is 0 Å². The highest BCUT2D eigenvalue weighted by atomic mass is 16.5. The van der Waals surface area contributed by atoms with Gasteiger partial charge in [-0.15, -0.1) is 0 Å². The Balaban J connectivity index is 1.78. The highest BCUT2D eigenvalue weighted by Crippen LogP contribution is 2.32. The van der Waals surface area contributed by atoms with Crippen molar-refractivity contribution in [1.82, 2.24) is 15.1 Å². The summed E-state index contributed by atoms with van der Waals surface area (Å²) in [6.07, 6.45) is 4.73. The SMILES string of the molecule is Cc1cc(-c2cnc(N3CCCC(O)C3)nc2-c2ccco2)on1. The second-order valence-corrected chi connectivity index (χ2v) is 5.98. The molecule has 3 aromatic rings. The van der Waals surface area contributed by atoms with Gasteiger partial charge in [-0.05, 0) is 31.9 Å². The van der Waals surface area contributed by atoms with Crippen LogP contribution in [0.3, 0.4) is 0 Å². The van der Waals surface area contributed by atoms with Crippen molar-refractivity contribution in [3.63, 3.8) is 0 Å².